The van der Waals surface area contributed by atoms with Gasteiger partial charge in [0.1, 0.15) is 7.05 Å². The molecule has 0 atom stereocenters. The average Bonchev–Trinajstić information content (AvgIpc) is 3.60. The summed E-state index contributed by atoms with van der Waals surface area (Å²) in [6.07, 6.45) is 11.0. The fourth-order valence-corrected chi connectivity index (χ4v) is 8.96. The van der Waals surface area contributed by atoms with Crippen LogP contribution in [0.15, 0.2) is 119 Å². The number of aryl methyl sites for hydroxylation is 4. The number of fused-ring (bicyclic) bond motifs is 2. The van der Waals surface area contributed by atoms with Crippen LogP contribution in [0.25, 0.3) is 0 Å². The molecule has 7 rings (SSSR count). The molecule has 52 heavy (non-hydrogen) atoms. The highest BCUT2D eigenvalue weighted by Crippen LogP contribution is 2.50. The molecule has 0 saturated heterocycles. The predicted molar refractivity (Wildman–Crippen MR) is 224 cm³/mol. The zero-order valence-electron chi connectivity index (χ0n) is 32.4. The highest BCUT2D eigenvalue weighted by Gasteiger charge is 2.44. The van der Waals surface area contributed by atoms with Crippen molar-refractivity contribution in [1.82, 2.24) is 0 Å². The first-order chi connectivity index (χ1) is 24.7. The highest BCUT2D eigenvalue weighted by atomic mass is 35.5. The summed E-state index contributed by atoms with van der Waals surface area (Å²) in [5.41, 5.74) is 19.4. The lowest BCUT2D eigenvalue weighted by Crippen LogP contribution is -2.26. The monoisotopic (exact) mass is 707 g/mol. The molecule has 0 aromatic heterocycles. The number of likely N-dealkylation sites (N-methyl/N-ethyl adjacent to an activating group) is 1. The molecule has 0 bridgehead atoms. The van der Waals surface area contributed by atoms with Crippen LogP contribution in [0, 0.1) is 27.7 Å². The third kappa shape index (κ3) is 6.11. The number of anilines is 5. The maximum absolute atomic E-state index is 7.16. The fourth-order valence-electron chi connectivity index (χ4n) is 8.65. The van der Waals surface area contributed by atoms with Crippen LogP contribution in [0.5, 0.6) is 0 Å². The molecular weight excluding hydrogens is 656 g/mol. The fraction of sp³-hybridized carbons (Fsp3) is 0.298. The van der Waals surface area contributed by atoms with Crippen LogP contribution >= 0.6 is 11.6 Å². The standard InChI is InChI=1S/C47H52ClN4/c1-29-15-11-13-17-39(29)49-35-25-31(3)44-37(27-35)46(5,6)41(51(44)9)23-21-33-19-20-34(43(33)48)22-24-42-47(7,8)38-28-36(26-32(4)45(38)52(42)10)50-40-18-14-12-16-30(40)2/h11-18,21-28,49-50H,19-20H2,1-10H3/q+1. The number of para-hydroxylation sites is 2. The summed E-state index contributed by atoms with van der Waals surface area (Å²) < 4.78 is 2.36. The third-order valence-electron chi connectivity index (χ3n) is 11.6. The van der Waals surface area contributed by atoms with Crippen molar-refractivity contribution in [3.05, 3.63) is 152 Å². The molecule has 4 nitrogen and oxygen atoms in total. The van der Waals surface area contributed by atoms with Gasteiger partial charge in [0.15, 0.2) is 5.71 Å². The molecule has 2 aliphatic heterocycles. The summed E-state index contributed by atoms with van der Waals surface area (Å²) in [7, 11) is 4.39. The van der Waals surface area contributed by atoms with Crippen molar-refractivity contribution in [3.63, 3.8) is 0 Å². The van der Waals surface area contributed by atoms with E-state index < -0.39 is 0 Å². The number of hydrogen-bond donors (Lipinski definition) is 2. The van der Waals surface area contributed by atoms with Crippen molar-refractivity contribution in [2.24, 2.45) is 0 Å². The van der Waals surface area contributed by atoms with Crippen molar-refractivity contribution in [2.45, 2.75) is 79.1 Å². The van der Waals surface area contributed by atoms with Crippen molar-refractivity contribution in [2.75, 3.05) is 29.6 Å². The van der Waals surface area contributed by atoms with Crippen LogP contribution in [0.1, 0.15) is 73.9 Å². The number of nitrogens with one attached hydrogen (secondary N) is 2. The number of hydrogen-bond acceptors (Lipinski definition) is 3. The van der Waals surface area contributed by atoms with Crippen LogP contribution < -0.4 is 15.5 Å². The molecule has 0 radical (unpaired) electrons. The maximum atomic E-state index is 7.16. The van der Waals surface area contributed by atoms with E-state index in [4.69, 9.17) is 11.6 Å². The van der Waals surface area contributed by atoms with Gasteiger partial charge >= 0.3 is 0 Å². The summed E-state index contributed by atoms with van der Waals surface area (Å²) in [6.45, 7) is 18.0. The van der Waals surface area contributed by atoms with Gasteiger partial charge in [-0.1, -0.05) is 74.0 Å². The quantitative estimate of drug-likeness (QED) is 0.187. The van der Waals surface area contributed by atoms with Gasteiger partial charge < -0.3 is 15.5 Å². The first-order valence-corrected chi connectivity index (χ1v) is 18.8. The second-order valence-corrected chi connectivity index (χ2v) is 16.3. The number of halogens is 1. The van der Waals surface area contributed by atoms with Gasteiger partial charge in [0.2, 0.25) is 5.69 Å². The second kappa shape index (κ2) is 13.3. The van der Waals surface area contributed by atoms with Crippen molar-refractivity contribution in [1.29, 1.82) is 0 Å². The Bertz CT molecular complexity index is 2280. The van der Waals surface area contributed by atoms with Crippen LogP contribution in [-0.4, -0.2) is 24.4 Å². The summed E-state index contributed by atoms with van der Waals surface area (Å²) in [5, 5.41) is 8.22. The van der Waals surface area contributed by atoms with Gasteiger partial charge in [-0.25, -0.2) is 0 Å². The lowest BCUT2D eigenvalue weighted by atomic mass is 9.80. The smallest absolute Gasteiger partial charge is 0.212 e. The van der Waals surface area contributed by atoms with Gasteiger partial charge in [-0.3, -0.25) is 0 Å². The molecule has 5 heteroatoms. The molecular formula is C47H52ClN4+. The van der Waals surface area contributed by atoms with E-state index in [0.29, 0.717) is 0 Å². The Morgan fingerprint density at radius 1 is 0.692 bits per heavy atom. The van der Waals surface area contributed by atoms with E-state index >= 15 is 0 Å². The van der Waals surface area contributed by atoms with Crippen LogP contribution in [0.3, 0.4) is 0 Å². The highest BCUT2D eigenvalue weighted by molar-refractivity contribution is 6.33. The SMILES string of the molecule is Cc1ccccc1Nc1cc(C)c2c(c1)C(C)(C)C(/C=C/C1=C(Cl)C(=C/C=C3\N(C)c4c(C)cc(Nc5ccccc5C)cc4C3(C)C)/CC1)=[N+]2C. The number of nitrogens with zero attached hydrogens (tertiary/aromatic N) is 2. The normalized spacial score (nSPS) is 19.0. The molecule has 3 aliphatic rings. The largest absolute Gasteiger partial charge is 0.355 e. The third-order valence-corrected chi connectivity index (χ3v) is 12.1. The van der Waals surface area contributed by atoms with Crippen molar-refractivity contribution >= 4 is 51.4 Å². The van der Waals surface area contributed by atoms with E-state index in [2.05, 4.69) is 187 Å². The Hall–Kier alpha value is -4.80. The Balaban J connectivity index is 1.13. The average molecular weight is 708 g/mol. The Morgan fingerprint density at radius 2 is 1.27 bits per heavy atom. The molecule has 2 heterocycles. The van der Waals surface area contributed by atoms with E-state index in [1.54, 1.807) is 0 Å². The molecule has 4 aromatic rings. The number of rotatable bonds is 7. The van der Waals surface area contributed by atoms with Gasteiger partial charge in [-0.2, -0.15) is 4.58 Å². The molecule has 0 saturated carbocycles. The van der Waals surface area contributed by atoms with Gasteiger partial charge in [0.25, 0.3) is 0 Å². The number of allylic oxidation sites excluding steroid dienone is 8. The summed E-state index contributed by atoms with van der Waals surface area (Å²) in [6, 6.07) is 26.1. The van der Waals surface area contributed by atoms with E-state index in [-0.39, 0.29) is 10.8 Å². The number of benzene rings is 4. The molecule has 0 spiro atoms. The zero-order chi connectivity index (χ0) is 37.1. The molecule has 1 aliphatic carbocycles. The topological polar surface area (TPSA) is 30.3 Å². The first kappa shape index (κ1) is 35.6. The summed E-state index contributed by atoms with van der Waals surface area (Å²) in [5.74, 6) is 0. The molecule has 0 fully saturated rings. The van der Waals surface area contributed by atoms with Gasteiger partial charge in [-0.05, 0) is 130 Å². The minimum absolute atomic E-state index is 0.162. The van der Waals surface area contributed by atoms with E-state index in [0.717, 1.165) is 40.6 Å². The lowest BCUT2D eigenvalue weighted by molar-refractivity contribution is -0.402. The minimum Gasteiger partial charge on any atom is -0.355 e. The molecule has 0 unspecified atom stereocenters. The minimum atomic E-state index is -0.162. The van der Waals surface area contributed by atoms with Crippen LogP contribution in [-0.2, 0) is 10.8 Å². The molecule has 266 valence electrons. The molecule has 0 amide bonds. The predicted octanol–water partition coefficient (Wildman–Crippen LogP) is 12.5. The van der Waals surface area contributed by atoms with E-state index in [1.807, 2.05) is 0 Å². The van der Waals surface area contributed by atoms with Gasteiger partial charge in [0, 0.05) is 68.8 Å². The van der Waals surface area contributed by atoms with Crippen molar-refractivity contribution < 1.29 is 4.58 Å². The zero-order valence-corrected chi connectivity index (χ0v) is 33.2. The van der Waals surface area contributed by atoms with Crippen LogP contribution in [0.2, 0.25) is 0 Å². The molecule has 2 N–H and O–H groups in total. The van der Waals surface area contributed by atoms with Gasteiger partial charge in [-0.15, -0.1) is 0 Å². The van der Waals surface area contributed by atoms with Crippen LogP contribution in [0.4, 0.5) is 34.1 Å². The van der Waals surface area contributed by atoms with E-state index in [1.165, 1.54) is 67.3 Å². The second-order valence-electron chi connectivity index (χ2n) is 15.9. The van der Waals surface area contributed by atoms with Crippen molar-refractivity contribution in [3.8, 4) is 0 Å². The Kier molecular flexibility index (Phi) is 9.11. The summed E-state index contributed by atoms with van der Waals surface area (Å²) in [4.78, 5) is 2.36. The van der Waals surface area contributed by atoms with Gasteiger partial charge in [0.05, 0.1) is 5.41 Å². The maximum Gasteiger partial charge on any atom is 0.212 e. The van der Waals surface area contributed by atoms with E-state index in [9.17, 15) is 0 Å². The summed E-state index contributed by atoms with van der Waals surface area (Å²) >= 11 is 7.16. The lowest BCUT2D eigenvalue weighted by Gasteiger charge is -2.24. The first-order valence-electron chi connectivity index (χ1n) is 18.5. The Labute approximate surface area is 315 Å². The Morgan fingerprint density at radius 3 is 1.88 bits per heavy atom. The molecule has 4 aromatic carbocycles.